The lowest BCUT2D eigenvalue weighted by molar-refractivity contribution is -0.141. The molecule has 1 heterocycles. The Morgan fingerprint density at radius 1 is 1.42 bits per heavy atom. The van der Waals surface area contributed by atoms with Crippen LogP contribution in [0, 0.1) is 0 Å². The first-order valence-corrected chi connectivity index (χ1v) is 3.28. The van der Waals surface area contributed by atoms with Crippen LogP contribution in [-0.4, -0.2) is 4.98 Å². The fraction of sp³-hybridized carbons (Fsp3) is 0.167. The topological polar surface area (TPSA) is 38.9 Å². The van der Waals surface area contributed by atoms with E-state index in [1.54, 1.807) is 0 Å². The predicted molar refractivity (Wildman–Crippen MR) is 38.7 cm³/mol. The molecular weight excluding hydrogens is 193 g/mol. The van der Waals surface area contributed by atoms with Crippen LogP contribution in [0.5, 0.6) is 0 Å². The van der Waals surface area contributed by atoms with Crippen molar-refractivity contribution >= 4 is 17.3 Å². The summed E-state index contributed by atoms with van der Waals surface area (Å²) in [7, 11) is 0. The summed E-state index contributed by atoms with van der Waals surface area (Å²) in [6.45, 7) is 0. The van der Waals surface area contributed by atoms with Gasteiger partial charge in [-0.05, 0) is 6.07 Å². The van der Waals surface area contributed by atoms with Gasteiger partial charge < -0.3 is 5.73 Å². The van der Waals surface area contributed by atoms with Gasteiger partial charge >= 0.3 is 6.18 Å². The van der Waals surface area contributed by atoms with Crippen LogP contribution in [0.25, 0.3) is 0 Å². The van der Waals surface area contributed by atoms with Gasteiger partial charge in [-0.2, -0.15) is 13.2 Å². The summed E-state index contributed by atoms with van der Waals surface area (Å²) in [6, 6.07) is 1.21. The summed E-state index contributed by atoms with van der Waals surface area (Å²) in [5.41, 5.74) is 3.87. The average Bonchev–Trinajstić information content (AvgIpc) is 1.92. The van der Waals surface area contributed by atoms with E-state index in [1.807, 2.05) is 0 Å². The normalized spacial score (nSPS) is 11.7. The molecule has 0 aliphatic heterocycles. The number of hydrogen-bond donors (Lipinski definition) is 1. The SMILES string of the molecule is Nc1ccnc(C(F)(F)F)c1Cl. The van der Waals surface area contributed by atoms with E-state index in [2.05, 4.69) is 4.98 Å². The van der Waals surface area contributed by atoms with Gasteiger partial charge in [0.1, 0.15) is 0 Å². The third-order valence-electron chi connectivity index (χ3n) is 1.19. The zero-order chi connectivity index (χ0) is 9.35. The van der Waals surface area contributed by atoms with Gasteiger partial charge in [-0.3, -0.25) is 4.98 Å². The molecule has 0 saturated carbocycles. The van der Waals surface area contributed by atoms with Crippen molar-refractivity contribution in [2.45, 2.75) is 6.18 Å². The van der Waals surface area contributed by atoms with Crippen molar-refractivity contribution in [1.82, 2.24) is 4.98 Å². The van der Waals surface area contributed by atoms with Gasteiger partial charge in [0, 0.05) is 6.20 Å². The van der Waals surface area contributed by atoms with Crippen molar-refractivity contribution in [2.24, 2.45) is 0 Å². The molecule has 0 radical (unpaired) electrons. The fourth-order valence-electron chi connectivity index (χ4n) is 0.656. The maximum Gasteiger partial charge on any atom is 0.434 e. The molecule has 0 unspecified atom stereocenters. The number of nitrogens with two attached hydrogens (primary N) is 1. The van der Waals surface area contributed by atoms with E-state index in [0.29, 0.717) is 0 Å². The number of pyridine rings is 1. The molecule has 0 spiro atoms. The summed E-state index contributed by atoms with van der Waals surface area (Å²) in [6.07, 6.45) is -3.59. The standard InChI is InChI=1S/C6H4ClF3N2/c7-4-3(11)1-2-12-5(4)6(8,9)10/h1-2H,(H2,11,12). The highest BCUT2D eigenvalue weighted by atomic mass is 35.5. The van der Waals surface area contributed by atoms with Crippen LogP contribution in [0.15, 0.2) is 12.3 Å². The van der Waals surface area contributed by atoms with Crippen molar-refractivity contribution < 1.29 is 13.2 Å². The smallest absolute Gasteiger partial charge is 0.397 e. The number of anilines is 1. The van der Waals surface area contributed by atoms with Gasteiger partial charge in [-0.1, -0.05) is 11.6 Å². The Hall–Kier alpha value is -0.970. The van der Waals surface area contributed by atoms with Crippen molar-refractivity contribution in [1.29, 1.82) is 0 Å². The predicted octanol–water partition coefficient (Wildman–Crippen LogP) is 2.34. The molecular formula is C6H4ClF3N2. The number of alkyl halides is 3. The van der Waals surface area contributed by atoms with Gasteiger partial charge in [0.2, 0.25) is 0 Å². The molecule has 0 bridgehead atoms. The van der Waals surface area contributed by atoms with E-state index >= 15 is 0 Å². The first-order valence-electron chi connectivity index (χ1n) is 2.90. The number of nitrogen functional groups attached to an aromatic ring is 1. The van der Waals surface area contributed by atoms with E-state index in [4.69, 9.17) is 17.3 Å². The largest absolute Gasteiger partial charge is 0.434 e. The Morgan fingerprint density at radius 3 is 2.42 bits per heavy atom. The minimum absolute atomic E-state index is 0.126. The van der Waals surface area contributed by atoms with Crippen molar-refractivity contribution in [3.8, 4) is 0 Å². The molecule has 6 heteroatoms. The van der Waals surface area contributed by atoms with Crippen molar-refractivity contribution in [3.63, 3.8) is 0 Å². The molecule has 2 nitrogen and oxygen atoms in total. The minimum Gasteiger partial charge on any atom is -0.397 e. The number of halogens is 4. The van der Waals surface area contributed by atoms with Crippen molar-refractivity contribution in [3.05, 3.63) is 23.0 Å². The summed E-state index contributed by atoms with van der Waals surface area (Å²) in [5.74, 6) is 0. The second kappa shape index (κ2) is 2.82. The number of rotatable bonds is 0. The summed E-state index contributed by atoms with van der Waals surface area (Å²) >= 11 is 5.27. The Morgan fingerprint density at radius 2 is 2.00 bits per heavy atom. The van der Waals surface area contributed by atoms with Gasteiger partial charge in [0.15, 0.2) is 5.69 Å². The molecule has 0 fully saturated rings. The maximum atomic E-state index is 12.0. The van der Waals surface area contributed by atoms with Crippen LogP contribution in [0.4, 0.5) is 18.9 Å². The zero-order valence-electron chi connectivity index (χ0n) is 5.69. The first kappa shape index (κ1) is 9.12. The van der Waals surface area contributed by atoms with Gasteiger partial charge in [-0.15, -0.1) is 0 Å². The molecule has 0 aliphatic carbocycles. The molecule has 0 saturated heterocycles. The number of nitrogens with zero attached hydrogens (tertiary/aromatic N) is 1. The van der Waals surface area contributed by atoms with E-state index in [1.165, 1.54) is 6.07 Å². The van der Waals surface area contributed by atoms with E-state index in [0.717, 1.165) is 6.20 Å². The first-order chi connectivity index (χ1) is 5.43. The Labute approximate surface area is 71.2 Å². The van der Waals surface area contributed by atoms with E-state index in [-0.39, 0.29) is 5.69 Å². The molecule has 66 valence electrons. The lowest BCUT2D eigenvalue weighted by Crippen LogP contribution is -2.09. The lowest BCUT2D eigenvalue weighted by atomic mass is 10.3. The molecule has 0 aromatic carbocycles. The van der Waals surface area contributed by atoms with Crippen LogP contribution < -0.4 is 5.73 Å². The van der Waals surface area contributed by atoms with E-state index < -0.39 is 16.9 Å². The molecule has 0 amide bonds. The summed E-state index contributed by atoms with van der Waals surface area (Å²) in [4.78, 5) is 3.07. The van der Waals surface area contributed by atoms with Crippen LogP contribution in [-0.2, 0) is 6.18 Å². The molecule has 0 aliphatic rings. The maximum absolute atomic E-state index is 12.0. The Kier molecular flexibility index (Phi) is 2.14. The zero-order valence-corrected chi connectivity index (χ0v) is 6.45. The van der Waals surface area contributed by atoms with E-state index in [9.17, 15) is 13.2 Å². The summed E-state index contributed by atoms with van der Waals surface area (Å²) < 4.78 is 36.1. The highest BCUT2D eigenvalue weighted by molar-refractivity contribution is 6.33. The molecule has 1 rings (SSSR count). The third kappa shape index (κ3) is 1.61. The quantitative estimate of drug-likeness (QED) is 0.692. The molecule has 12 heavy (non-hydrogen) atoms. The fourth-order valence-corrected chi connectivity index (χ4v) is 0.875. The van der Waals surface area contributed by atoms with Gasteiger partial charge in [-0.25, -0.2) is 0 Å². The Bertz CT molecular complexity index is 297. The second-order valence-electron chi connectivity index (χ2n) is 2.06. The third-order valence-corrected chi connectivity index (χ3v) is 1.58. The van der Waals surface area contributed by atoms with Crippen LogP contribution >= 0.6 is 11.6 Å². The average molecular weight is 197 g/mol. The molecule has 1 aromatic rings. The number of hydrogen-bond acceptors (Lipinski definition) is 2. The van der Waals surface area contributed by atoms with Gasteiger partial charge in [0.05, 0.1) is 10.7 Å². The highest BCUT2D eigenvalue weighted by Crippen LogP contribution is 2.35. The monoisotopic (exact) mass is 196 g/mol. The van der Waals surface area contributed by atoms with Crippen LogP contribution in [0.2, 0.25) is 5.02 Å². The van der Waals surface area contributed by atoms with Gasteiger partial charge in [0.25, 0.3) is 0 Å². The second-order valence-corrected chi connectivity index (χ2v) is 2.44. The molecule has 0 atom stereocenters. The van der Waals surface area contributed by atoms with Crippen LogP contribution in [0.3, 0.4) is 0 Å². The molecule has 2 N–H and O–H groups in total. The molecule has 1 aromatic heterocycles. The Balaban J connectivity index is 3.26. The minimum atomic E-state index is -4.55. The van der Waals surface area contributed by atoms with Crippen molar-refractivity contribution in [2.75, 3.05) is 5.73 Å². The lowest BCUT2D eigenvalue weighted by Gasteiger charge is -2.07. The summed E-state index contributed by atoms with van der Waals surface area (Å²) in [5, 5.41) is -0.551. The van der Waals surface area contributed by atoms with Crippen LogP contribution in [0.1, 0.15) is 5.69 Å². The number of aromatic nitrogens is 1. The highest BCUT2D eigenvalue weighted by Gasteiger charge is 2.35.